The van der Waals surface area contributed by atoms with Gasteiger partial charge in [0.05, 0.1) is 0 Å². The van der Waals surface area contributed by atoms with Gasteiger partial charge in [0.2, 0.25) is 11.8 Å². The van der Waals surface area contributed by atoms with Gasteiger partial charge in [-0.2, -0.15) is 18.2 Å². The van der Waals surface area contributed by atoms with Gasteiger partial charge in [-0.05, 0) is 24.3 Å². The summed E-state index contributed by atoms with van der Waals surface area (Å²) in [7, 11) is 1.39. The molecule has 2 aromatic rings. The van der Waals surface area contributed by atoms with Gasteiger partial charge in [-0.3, -0.25) is 0 Å². The van der Waals surface area contributed by atoms with Crippen molar-refractivity contribution in [3.8, 4) is 11.6 Å². The van der Waals surface area contributed by atoms with Crippen LogP contribution in [0.25, 0.3) is 0 Å². The van der Waals surface area contributed by atoms with Gasteiger partial charge in [-0.25, -0.2) is 9.37 Å². The van der Waals surface area contributed by atoms with Gasteiger partial charge >= 0.3 is 6.18 Å². The van der Waals surface area contributed by atoms with Crippen molar-refractivity contribution in [1.29, 1.82) is 0 Å². The van der Waals surface area contributed by atoms with Gasteiger partial charge < -0.3 is 10.1 Å². The van der Waals surface area contributed by atoms with E-state index in [1.807, 2.05) is 0 Å². The second-order valence-electron chi connectivity index (χ2n) is 3.72. The number of aromatic nitrogens is 2. The first-order valence-corrected chi connectivity index (χ1v) is 5.46. The summed E-state index contributed by atoms with van der Waals surface area (Å²) >= 11 is 0. The van der Waals surface area contributed by atoms with Gasteiger partial charge in [0.15, 0.2) is 5.69 Å². The molecule has 0 unspecified atom stereocenters. The summed E-state index contributed by atoms with van der Waals surface area (Å²) < 4.78 is 55.8. The van der Waals surface area contributed by atoms with Crippen LogP contribution in [0.15, 0.2) is 30.3 Å². The fraction of sp³-hybridized carbons (Fsp3) is 0.167. The molecule has 0 aliphatic rings. The molecule has 0 amide bonds. The van der Waals surface area contributed by atoms with Crippen molar-refractivity contribution in [3.63, 3.8) is 0 Å². The predicted octanol–water partition coefficient (Wildman–Crippen LogP) is 3.47. The Morgan fingerprint density at radius 3 is 2.30 bits per heavy atom. The lowest BCUT2D eigenvalue weighted by Crippen LogP contribution is -2.11. The second-order valence-corrected chi connectivity index (χ2v) is 3.72. The van der Waals surface area contributed by atoms with Crippen molar-refractivity contribution in [2.24, 2.45) is 0 Å². The zero-order valence-corrected chi connectivity index (χ0v) is 10.2. The highest BCUT2D eigenvalue weighted by atomic mass is 19.4. The Hall–Kier alpha value is -2.38. The number of anilines is 1. The number of alkyl halides is 3. The van der Waals surface area contributed by atoms with E-state index in [0.717, 1.165) is 12.1 Å². The number of nitrogens with zero attached hydrogens (tertiary/aromatic N) is 2. The van der Waals surface area contributed by atoms with Crippen LogP contribution in [0, 0.1) is 5.82 Å². The molecule has 20 heavy (non-hydrogen) atoms. The normalized spacial score (nSPS) is 11.2. The number of hydrogen-bond donors (Lipinski definition) is 1. The number of ether oxygens (including phenoxy) is 1. The molecule has 0 atom stereocenters. The molecule has 1 aromatic carbocycles. The molecule has 1 aromatic heterocycles. The maximum atomic E-state index is 12.7. The molecular weight excluding hydrogens is 278 g/mol. The van der Waals surface area contributed by atoms with Crippen molar-refractivity contribution in [1.82, 2.24) is 9.97 Å². The molecule has 1 heterocycles. The van der Waals surface area contributed by atoms with Gasteiger partial charge in [0, 0.05) is 13.1 Å². The van der Waals surface area contributed by atoms with Crippen molar-refractivity contribution in [3.05, 3.63) is 41.8 Å². The summed E-state index contributed by atoms with van der Waals surface area (Å²) in [5.41, 5.74) is -1.13. The number of halogens is 4. The number of hydrogen-bond acceptors (Lipinski definition) is 4. The Balaban J connectivity index is 2.33. The highest BCUT2D eigenvalue weighted by molar-refractivity contribution is 5.34. The molecule has 0 radical (unpaired) electrons. The fourth-order valence-corrected chi connectivity index (χ4v) is 1.36. The third-order valence-corrected chi connectivity index (χ3v) is 2.25. The van der Waals surface area contributed by atoms with Crippen LogP contribution >= 0.6 is 0 Å². The third kappa shape index (κ3) is 3.34. The molecule has 0 saturated carbocycles. The van der Waals surface area contributed by atoms with Crippen molar-refractivity contribution in [2.45, 2.75) is 6.18 Å². The van der Waals surface area contributed by atoms with E-state index in [-0.39, 0.29) is 17.6 Å². The van der Waals surface area contributed by atoms with Crippen LogP contribution in [-0.4, -0.2) is 17.0 Å². The Morgan fingerprint density at radius 2 is 1.75 bits per heavy atom. The SMILES string of the molecule is CNc1nc(Oc2ccc(F)cc2)cc(C(F)(F)F)n1. The Labute approximate surface area is 111 Å². The van der Waals surface area contributed by atoms with E-state index in [0.29, 0.717) is 6.07 Å². The lowest BCUT2D eigenvalue weighted by Gasteiger charge is -2.10. The van der Waals surface area contributed by atoms with Crippen LogP contribution in [-0.2, 0) is 6.18 Å². The van der Waals surface area contributed by atoms with Gasteiger partial charge in [0.25, 0.3) is 0 Å². The first-order valence-electron chi connectivity index (χ1n) is 5.46. The Bertz CT molecular complexity index is 599. The Morgan fingerprint density at radius 1 is 1.10 bits per heavy atom. The summed E-state index contributed by atoms with van der Waals surface area (Å²) in [4.78, 5) is 7.04. The molecular formula is C12H9F4N3O. The summed E-state index contributed by atoms with van der Waals surface area (Å²) in [5.74, 6) is -0.826. The molecule has 0 fully saturated rings. The van der Waals surface area contributed by atoms with E-state index in [1.165, 1.54) is 19.2 Å². The maximum Gasteiger partial charge on any atom is 0.433 e. The lowest BCUT2D eigenvalue weighted by atomic mass is 10.3. The van der Waals surface area contributed by atoms with Crippen molar-refractivity contribution in [2.75, 3.05) is 12.4 Å². The summed E-state index contributed by atoms with van der Waals surface area (Å²) in [5, 5.41) is 2.41. The number of benzene rings is 1. The van der Waals surface area contributed by atoms with E-state index in [9.17, 15) is 17.6 Å². The lowest BCUT2D eigenvalue weighted by molar-refractivity contribution is -0.141. The zero-order valence-electron chi connectivity index (χ0n) is 10.2. The molecule has 0 spiro atoms. The third-order valence-electron chi connectivity index (χ3n) is 2.25. The van der Waals surface area contributed by atoms with Crippen LogP contribution in [0.5, 0.6) is 11.6 Å². The van der Waals surface area contributed by atoms with E-state index >= 15 is 0 Å². The molecule has 106 valence electrons. The summed E-state index contributed by atoms with van der Waals surface area (Å²) in [6.45, 7) is 0. The monoisotopic (exact) mass is 287 g/mol. The minimum absolute atomic E-state index is 0.167. The highest BCUT2D eigenvalue weighted by Gasteiger charge is 2.34. The van der Waals surface area contributed by atoms with Crippen LogP contribution in [0.1, 0.15) is 5.69 Å². The van der Waals surface area contributed by atoms with Crippen molar-refractivity contribution < 1.29 is 22.3 Å². The highest BCUT2D eigenvalue weighted by Crippen LogP contribution is 2.31. The molecule has 8 heteroatoms. The Kier molecular flexibility index (Phi) is 3.73. The zero-order chi connectivity index (χ0) is 14.8. The average molecular weight is 287 g/mol. The van der Waals surface area contributed by atoms with Crippen LogP contribution < -0.4 is 10.1 Å². The molecule has 0 bridgehead atoms. The fourth-order valence-electron chi connectivity index (χ4n) is 1.36. The van der Waals surface area contributed by atoms with Crippen molar-refractivity contribution >= 4 is 5.95 Å². The van der Waals surface area contributed by atoms with Crippen LogP contribution in [0.2, 0.25) is 0 Å². The number of rotatable bonds is 3. The molecule has 1 N–H and O–H groups in total. The quantitative estimate of drug-likeness (QED) is 0.878. The summed E-state index contributed by atoms with van der Waals surface area (Å²) in [6, 6.07) is 5.48. The molecule has 0 saturated heterocycles. The molecule has 0 aliphatic heterocycles. The summed E-state index contributed by atoms with van der Waals surface area (Å²) in [6.07, 6.45) is -4.62. The van der Waals surface area contributed by atoms with E-state index < -0.39 is 17.7 Å². The molecule has 4 nitrogen and oxygen atoms in total. The smallest absolute Gasteiger partial charge is 0.433 e. The largest absolute Gasteiger partial charge is 0.439 e. The van der Waals surface area contributed by atoms with Gasteiger partial charge in [-0.1, -0.05) is 0 Å². The minimum Gasteiger partial charge on any atom is -0.439 e. The van der Waals surface area contributed by atoms with Crippen LogP contribution in [0.4, 0.5) is 23.5 Å². The second kappa shape index (κ2) is 5.32. The van der Waals surface area contributed by atoms with E-state index in [2.05, 4.69) is 15.3 Å². The molecule has 2 rings (SSSR count). The first kappa shape index (κ1) is 14.0. The van der Waals surface area contributed by atoms with E-state index in [1.54, 1.807) is 0 Å². The number of nitrogens with one attached hydrogen (secondary N) is 1. The van der Waals surface area contributed by atoms with Gasteiger partial charge in [-0.15, -0.1) is 0 Å². The van der Waals surface area contributed by atoms with Crippen LogP contribution in [0.3, 0.4) is 0 Å². The average Bonchev–Trinajstić information content (AvgIpc) is 2.40. The maximum absolute atomic E-state index is 12.7. The van der Waals surface area contributed by atoms with Gasteiger partial charge in [0.1, 0.15) is 11.6 Å². The first-order chi connectivity index (χ1) is 9.38. The topological polar surface area (TPSA) is 47.0 Å². The molecule has 0 aliphatic carbocycles. The predicted molar refractivity (Wildman–Crippen MR) is 63.1 cm³/mol. The van der Waals surface area contributed by atoms with E-state index in [4.69, 9.17) is 4.74 Å². The minimum atomic E-state index is -4.62. The standard InChI is InChI=1S/C12H9F4N3O/c1-17-11-18-9(12(14,15)16)6-10(19-11)20-8-4-2-7(13)3-5-8/h2-6H,1H3,(H,17,18,19).